The molecule has 0 aliphatic carbocycles. The van der Waals surface area contributed by atoms with Crippen molar-refractivity contribution < 1.29 is 19.5 Å². The maximum Gasteiger partial charge on any atom is 0.247 e. The zero-order chi connectivity index (χ0) is 28.8. The Bertz CT molecular complexity index is 1330. The summed E-state index contributed by atoms with van der Waals surface area (Å²) in [6.45, 7) is 9.10. The molecule has 7 heteroatoms. The van der Waals surface area contributed by atoms with Crippen molar-refractivity contribution in [2.24, 2.45) is 5.92 Å². The molecule has 2 N–H and O–H groups in total. The van der Waals surface area contributed by atoms with E-state index in [-0.39, 0.29) is 30.0 Å². The summed E-state index contributed by atoms with van der Waals surface area (Å²) in [4.78, 5) is 43.6. The van der Waals surface area contributed by atoms with E-state index < -0.39 is 12.1 Å². The first-order chi connectivity index (χ1) is 19.1. The van der Waals surface area contributed by atoms with Crippen molar-refractivity contribution in [1.82, 2.24) is 15.1 Å². The lowest BCUT2D eigenvalue weighted by Crippen LogP contribution is -2.63. The van der Waals surface area contributed by atoms with Crippen molar-refractivity contribution >= 4 is 17.7 Å². The van der Waals surface area contributed by atoms with Crippen LogP contribution in [0.5, 0.6) is 5.75 Å². The summed E-state index contributed by atoms with van der Waals surface area (Å²) >= 11 is 0. The molecule has 7 nitrogen and oxygen atoms in total. The van der Waals surface area contributed by atoms with Gasteiger partial charge in [-0.3, -0.25) is 14.4 Å². The van der Waals surface area contributed by atoms with Crippen molar-refractivity contribution in [3.8, 4) is 5.75 Å². The van der Waals surface area contributed by atoms with Crippen LogP contribution >= 0.6 is 0 Å². The van der Waals surface area contributed by atoms with Crippen molar-refractivity contribution in [2.75, 3.05) is 13.1 Å². The largest absolute Gasteiger partial charge is 0.508 e. The van der Waals surface area contributed by atoms with Gasteiger partial charge in [0, 0.05) is 19.5 Å². The molecular weight excluding hydrogens is 502 g/mol. The van der Waals surface area contributed by atoms with Crippen LogP contribution in [0.15, 0.2) is 72.8 Å². The fraction of sp³-hybridized carbons (Fsp3) is 0.364. The third-order valence-corrected chi connectivity index (χ3v) is 7.05. The molecule has 3 amide bonds. The van der Waals surface area contributed by atoms with Crippen molar-refractivity contribution in [3.63, 3.8) is 0 Å². The molecular formula is C33H39N3O4. The molecule has 2 aliphatic heterocycles. The molecule has 2 heterocycles. The van der Waals surface area contributed by atoms with Gasteiger partial charge in [-0.25, -0.2) is 0 Å². The molecule has 0 saturated carbocycles. The number of hydrogen-bond acceptors (Lipinski definition) is 4. The maximum absolute atomic E-state index is 13.8. The topological polar surface area (TPSA) is 89.9 Å². The molecule has 3 aromatic carbocycles. The van der Waals surface area contributed by atoms with Crippen LogP contribution in [-0.2, 0) is 33.8 Å². The molecule has 0 spiro atoms. The normalized spacial score (nSPS) is 17.0. The molecule has 2 aliphatic rings. The minimum Gasteiger partial charge on any atom is -0.508 e. The first-order valence-electron chi connectivity index (χ1n) is 13.9. The van der Waals surface area contributed by atoms with E-state index in [1.54, 1.807) is 29.2 Å². The second-order valence-electron chi connectivity index (χ2n) is 11.2. The third kappa shape index (κ3) is 6.89. The molecule has 210 valence electrons. The summed E-state index contributed by atoms with van der Waals surface area (Å²) in [5, 5.41) is 12.4. The van der Waals surface area contributed by atoms with Crippen LogP contribution < -0.4 is 5.32 Å². The first kappa shape index (κ1) is 28.9. The quantitative estimate of drug-likeness (QED) is 0.479. The van der Waals surface area contributed by atoms with Crippen LogP contribution in [0.25, 0.3) is 0 Å². The van der Waals surface area contributed by atoms with Gasteiger partial charge in [-0.15, -0.1) is 0 Å². The lowest BCUT2D eigenvalue weighted by Gasteiger charge is -2.45. The Balaban J connectivity index is 0.000000867. The van der Waals surface area contributed by atoms with Gasteiger partial charge in [0.25, 0.3) is 0 Å². The van der Waals surface area contributed by atoms with Gasteiger partial charge in [-0.1, -0.05) is 87.0 Å². The highest BCUT2D eigenvalue weighted by atomic mass is 16.3. The predicted molar refractivity (Wildman–Crippen MR) is 155 cm³/mol. The smallest absolute Gasteiger partial charge is 0.247 e. The van der Waals surface area contributed by atoms with Gasteiger partial charge in [0.1, 0.15) is 24.4 Å². The number of carbonyl (C=O) groups is 3. The molecule has 2 atom stereocenters. The molecule has 0 aromatic heterocycles. The van der Waals surface area contributed by atoms with Crippen molar-refractivity contribution in [2.45, 2.75) is 59.2 Å². The predicted octanol–water partition coefficient (Wildman–Crippen LogP) is 4.56. The highest BCUT2D eigenvalue weighted by Gasteiger charge is 2.46. The van der Waals surface area contributed by atoms with Gasteiger partial charge in [-0.2, -0.15) is 0 Å². The van der Waals surface area contributed by atoms with Gasteiger partial charge in [0.15, 0.2) is 0 Å². The maximum atomic E-state index is 13.8. The third-order valence-electron chi connectivity index (χ3n) is 7.05. The van der Waals surface area contributed by atoms with Crippen LogP contribution in [0.3, 0.4) is 0 Å². The van der Waals surface area contributed by atoms with Gasteiger partial charge < -0.3 is 20.2 Å². The number of aromatic hydroxyl groups is 1. The summed E-state index contributed by atoms with van der Waals surface area (Å²) in [7, 11) is 0. The van der Waals surface area contributed by atoms with Gasteiger partial charge in [0.2, 0.25) is 17.7 Å². The number of fused-ring (bicyclic) bond motifs is 2. The van der Waals surface area contributed by atoms with E-state index >= 15 is 0 Å². The number of hydrogen-bond donors (Lipinski definition) is 2. The van der Waals surface area contributed by atoms with E-state index in [0.717, 1.165) is 28.2 Å². The molecule has 1 fully saturated rings. The van der Waals surface area contributed by atoms with E-state index in [9.17, 15) is 19.5 Å². The summed E-state index contributed by atoms with van der Waals surface area (Å²) in [6, 6.07) is 20.7. The molecule has 3 aromatic rings. The van der Waals surface area contributed by atoms with E-state index in [2.05, 4.69) is 26.1 Å². The molecule has 40 heavy (non-hydrogen) atoms. The van der Waals surface area contributed by atoms with E-state index in [0.29, 0.717) is 31.5 Å². The lowest BCUT2D eigenvalue weighted by molar-refractivity contribution is -0.161. The minimum absolute atomic E-state index is 0.137. The minimum atomic E-state index is -0.902. The summed E-state index contributed by atoms with van der Waals surface area (Å²) < 4.78 is 0. The number of aryl methyl sites for hydroxylation is 1. The molecule has 1 unspecified atom stereocenters. The number of nitrogens with one attached hydrogen (secondary N) is 1. The Morgan fingerprint density at radius 1 is 0.925 bits per heavy atom. The number of phenols is 1. The highest BCUT2D eigenvalue weighted by molar-refractivity contribution is 5.99. The van der Waals surface area contributed by atoms with Gasteiger partial charge in [0.05, 0.1) is 0 Å². The average molecular weight is 542 g/mol. The highest BCUT2D eigenvalue weighted by Crippen LogP contribution is 2.32. The fourth-order valence-electron chi connectivity index (χ4n) is 5.04. The number of amides is 3. The molecule has 5 rings (SSSR count). The number of nitrogens with zero attached hydrogens (tertiary/aromatic N) is 2. The van der Waals surface area contributed by atoms with E-state index in [4.69, 9.17) is 0 Å². The van der Waals surface area contributed by atoms with Gasteiger partial charge in [-0.05, 0) is 53.6 Å². The average Bonchev–Trinajstić information content (AvgIpc) is 2.92. The Labute approximate surface area is 236 Å². The fourth-order valence-corrected chi connectivity index (χ4v) is 5.04. The number of benzene rings is 3. The monoisotopic (exact) mass is 541 g/mol. The Morgan fingerprint density at radius 2 is 1.55 bits per heavy atom. The van der Waals surface area contributed by atoms with Crippen LogP contribution in [-0.4, -0.2) is 51.8 Å². The molecule has 1 saturated heterocycles. The second-order valence-corrected chi connectivity index (χ2v) is 11.2. The Hall–Kier alpha value is -4.13. The number of carbonyl (C=O) groups excluding carboxylic acids is 3. The van der Waals surface area contributed by atoms with E-state index in [1.807, 2.05) is 55.5 Å². The molecule has 0 bridgehead atoms. The first-order valence-corrected chi connectivity index (χ1v) is 13.9. The summed E-state index contributed by atoms with van der Waals surface area (Å²) in [5.74, 6) is 0.352. The standard InChI is InChI=1S/C29H29N3O4.C4H10/c1-19-6-10-21(11-7-19)27(28(35)30-15-14-20-8-12-24(33)13-9-20)32-18-26(34)31-17-23-5-3-2-4-22(23)16-25(31)29(32)36;1-4(2)3/h2-13,25,27,33H,14-18H2,1H3,(H,30,35);4H,1-3H3/t25-,27?;/m0./s1. The Kier molecular flexibility index (Phi) is 9.25. The van der Waals surface area contributed by atoms with Gasteiger partial charge >= 0.3 is 0 Å². The zero-order valence-corrected chi connectivity index (χ0v) is 23.8. The van der Waals surface area contributed by atoms with Crippen molar-refractivity contribution in [3.05, 3.63) is 101 Å². The SMILES string of the molecule is CC(C)C.Cc1ccc(C(C(=O)NCCc2ccc(O)cc2)N2CC(=O)N3Cc4ccccc4C[C@H]3C2=O)cc1. The van der Waals surface area contributed by atoms with Crippen LogP contribution in [0.4, 0.5) is 0 Å². The van der Waals surface area contributed by atoms with Crippen LogP contribution in [0, 0.1) is 12.8 Å². The van der Waals surface area contributed by atoms with Crippen molar-refractivity contribution in [1.29, 1.82) is 0 Å². The van der Waals surface area contributed by atoms with E-state index in [1.165, 1.54) is 4.90 Å². The van der Waals surface area contributed by atoms with Crippen LogP contribution in [0.1, 0.15) is 54.6 Å². The summed E-state index contributed by atoms with van der Waals surface area (Å²) in [5.41, 5.74) is 4.81. The lowest BCUT2D eigenvalue weighted by atomic mass is 9.90. The van der Waals surface area contributed by atoms with Crippen LogP contribution in [0.2, 0.25) is 0 Å². The Morgan fingerprint density at radius 3 is 2.20 bits per heavy atom. The summed E-state index contributed by atoms with van der Waals surface area (Å²) in [6.07, 6.45) is 1.02. The zero-order valence-electron chi connectivity index (χ0n) is 23.8. The number of phenolic OH excluding ortho intramolecular Hbond substituents is 1. The number of rotatable bonds is 6. The number of piperazine rings is 1. The second kappa shape index (κ2) is 12.8. The molecule has 0 radical (unpaired) electrons.